The summed E-state index contributed by atoms with van der Waals surface area (Å²) in [6, 6.07) is 14.3. The second kappa shape index (κ2) is 10.8. The van der Waals surface area contributed by atoms with Crippen LogP contribution < -0.4 is 26.2 Å². The quantitative estimate of drug-likeness (QED) is 0.371. The Morgan fingerprint density at radius 1 is 1.00 bits per heavy atom. The zero-order valence-corrected chi connectivity index (χ0v) is 17.2. The molecule has 0 aliphatic heterocycles. The van der Waals surface area contributed by atoms with Gasteiger partial charge in [-0.1, -0.05) is 24.3 Å². The molecule has 2 amide bonds. The van der Waals surface area contributed by atoms with Gasteiger partial charge in [-0.2, -0.15) is 5.10 Å². The number of fused-ring (bicyclic) bond motifs is 1. The number of ether oxygens (including phenoxy) is 1. The number of nitrogens with zero attached hydrogens (tertiary/aromatic N) is 1. The van der Waals surface area contributed by atoms with Gasteiger partial charge in [0.1, 0.15) is 5.75 Å². The minimum atomic E-state index is -0.245. The zero-order valence-electron chi connectivity index (χ0n) is 17.2. The molecule has 0 aliphatic rings. The van der Waals surface area contributed by atoms with Crippen LogP contribution in [-0.4, -0.2) is 42.2 Å². The van der Waals surface area contributed by atoms with Crippen LogP contribution >= 0.6 is 0 Å². The van der Waals surface area contributed by atoms with Crippen molar-refractivity contribution in [3.05, 3.63) is 58.9 Å². The molecule has 0 fully saturated rings. The van der Waals surface area contributed by atoms with Crippen LogP contribution in [0.5, 0.6) is 5.75 Å². The fraction of sp³-hybridized carbons (Fsp3) is 0.273. The molecule has 31 heavy (non-hydrogen) atoms. The van der Waals surface area contributed by atoms with Gasteiger partial charge in [0.05, 0.1) is 12.5 Å². The SMILES string of the molecule is COc1cccc(NC(=O)CCCC(=O)NCCNc2n[nH]c(=O)c3ccccc23)c1. The van der Waals surface area contributed by atoms with E-state index in [1.165, 1.54) is 0 Å². The van der Waals surface area contributed by atoms with E-state index in [2.05, 4.69) is 26.1 Å². The number of benzene rings is 2. The van der Waals surface area contributed by atoms with E-state index >= 15 is 0 Å². The van der Waals surface area contributed by atoms with Gasteiger partial charge in [-0.25, -0.2) is 5.10 Å². The van der Waals surface area contributed by atoms with Crippen molar-refractivity contribution in [1.82, 2.24) is 15.5 Å². The van der Waals surface area contributed by atoms with Crippen molar-refractivity contribution in [1.29, 1.82) is 0 Å². The van der Waals surface area contributed by atoms with Crippen molar-refractivity contribution in [2.75, 3.05) is 30.8 Å². The summed E-state index contributed by atoms with van der Waals surface area (Å²) in [5.41, 5.74) is 0.410. The first-order chi connectivity index (χ1) is 15.1. The van der Waals surface area contributed by atoms with E-state index in [4.69, 9.17) is 4.74 Å². The Kier molecular flexibility index (Phi) is 7.58. The average molecular weight is 423 g/mol. The number of anilines is 2. The molecule has 0 unspecified atom stereocenters. The number of carbonyl (C=O) groups is 2. The van der Waals surface area contributed by atoms with Crippen molar-refractivity contribution in [3.63, 3.8) is 0 Å². The average Bonchev–Trinajstić information content (AvgIpc) is 2.78. The van der Waals surface area contributed by atoms with Gasteiger partial charge < -0.3 is 20.7 Å². The lowest BCUT2D eigenvalue weighted by atomic mass is 10.2. The highest BCUT2D eigenvalue weighted by molar-refractivity contribution is 5.91. The van der Waals surface area contributed by atoms with E-state index in [0.29, 0.717) is 42.2 Å². The van der Waals surface area contributed by atoms with Gasteiger partial charge in [0.25, 0.3) is 5.56 Å². The second-order valence-electron chi connectivity index (χ2n) is 6.86. The minimum Gasteiger partial charge on any atom is -0.497 e. The first-order valence-electron chi connectivity index (χ1n) is 9.98. The minimum absolute atomic E-state index is 0.129. The maximum absolute atomic E-state index is 12.0. The molecule has 0 bridgehead atoms. The molecule has 9 heteroatoms. The molecule has 0 atom stereocenters. The predicted molar refractivity (Wildman–Crippen MR) is 119 cm³/mol. The molecular formula is C22H25N5O4. The van der Waals surface area contributed by atoms with Crippen molar-refractivity contribution >= 4 is 34.1 Å². The van der Waals surface area contributed by atoms with Gasteiger partial charge in [0, 0.05) is 43.1 Å². The predicted octanol–water partition coefficient (Wildman–Crippen LogP) is 2.27. The largest absolute Gasteiger partial charge is 0.497 e. The van der Waals surface area contributed by atoms with E-state index in [-0.39, 0.29) is 30.2 Å². The molecule has 0 saturated carbocycles. The Labute approximate surface area is 179 Å². The van der Waals surface area contributed by atoms with Gasteiger partial charge in [-0.05, 0) is 24.6 Å². The molecule has 0 radical (unpaired) electrons. The smallest absolute Gasteiger partial charge is 0.272 e. The van der Waals surface area contributed by atoms with Crippen LogP contribution in [0.2, 0.25) is 0 Å². The number of rotatable bonds is 10. The van der Waals surface area contributed by atoms with E-state index in [0.717, 1.165) is 5.39 Å². The molecule has 3 aromatic rings. The number of H-pyrrole nitrogens is 1. The van der Waals surface area contributed by atoms with Crippen molar-refractivity contribution in [3.8, 4) is 5.75 Å². The van der Waals surface area contributed by atoms with Crippen LogP contribution in [0.3, 0.4) is 0 Å². The summed E-state index contributed by atoms with van der Waals surface area (Å²) in [6.45, 7) is 0.842. The Hall–Kier alpha value is -3.88. The Bertz CT molecular complexity index is 1110. The second-order valence-corrected chi connectivity index (χ2v) is 6.86. The molecule has 9 nitrogen and oxygen atoms in total. The summed E-state index contributed by atoms with van der Waals surface area (Å²) in [5, 5.41) is 16.5. The number of carbonyl (C=O) groups excluding carboxylic acids is 2. The van der Waals surface area contributed by atoms with Crippen molar-refractivity contribution in [2.45, 2.75) is 19.3 Å². The van der Waals surface area contributed by atoms with Gasteiger partial charge in [0.15, 0.2) is 5.82 Å². The maximum Gasteiger partial charge on any atom is 0.272 e. The molecule has 0 aliphatic carbocycles. The Balaban J connectivity index is 1.35. The zero-order chi connectivity index (χ0) is 22.1. The molecule has 4 N–H and O–H groups in total. The summed E-state index contributed by atoms with van der Waals surface area (Å²) >= 11 is 0. The van der Waals surface area contributed by atoms with E-state index < -0.39 is 0 Å². The number of aromatic amines is 1. The molecule has 3 rings (SSSR count). The monoisotopic (exact) mass is 423 g/mol. The topological polar surface area (TPSA) is 125 Å². The summed E-state index contributed by atoms with van der Waals surface area (Å²) in [4.78, 5) is 35.8. The van der Waals surface area contributed by atoms with Crippen molar-refractivity contribution < 1.29 is 14.3 Å². The van der Waals surface area contributed by atoms with Gasteiger partial charge in [0.2, 0.25) is 11.8 Å². The number of hydrogen-bond acceptors (Lipinski definition) is 6. The third-order valence-corrected chi connectivity index (χ3v) is 4.60. The Morgan fingerprint density at radius 2 is 1.77 bits per heavy atom. The maximum atomic E-state index is 12.0. The third-order valence-electron chi connectivity index (χ3n) is 4.60. The van der Waals surface area contributed by atoms with Gasteiger partial charge in [-0.15, -0.1) is 0 Å². The molecular weight excluding hydrogens is 398 g/mol. The molecule has 0 spiro atoms. The van der Waals surface area contributed by atoms with Crippen LogP contribution in [0.25, 0.3) is 10.8 Å². The first kappa shape index (κ1) is 21.8. The van der Waals surface area contributed by atoms with E-state index in [1.807, 2.05) is 12.1 Å². The van der Waals surface area contributed by atoms with Gasteiger partial charge in [-0.3, -0.25) is 14.4 Å². The van der Waals surface area contributed by atoms with Crippen LogP contribution in [0.4, 0.5) is 11.5 Å². The summed E-state index contributed by atoms with van der Waals surface area (Å²) in [5.74, 6) is 0.934. The normalized spacial score (nSPS) is 10.5. The molecule has 162 valence electrons. The van der Waals surface area contributed by atoms with Crippen LogP contribution in [0, 0.1) is 0 Å². The molecule has 0 saturated heterocycles. The lowest BCUT2D eigenvalue weighted by Crippen LogP contribution is -2.29. The van der Waals surface area contributed by atoms with Gasteiger partial charge >= 0.3 is 0 Å². The van der Waals surface area contributed by atoms with E-state index in [1.54, 1.807) is 43.5 Å². The number of nitrogens with one attached hydrogen (secondary N) is 4. The highest BCUT2D eigenvalue weighted by Gasteiger charge is 2.07. The first-order valence-corrected chi connectivity index (χ1v) is 9.98. The molecule has 1 aromatic heterocycles. The van der Waals surface area contributed by atoms with Crippen molar-refractivity contribution in [2.24, 2.45) is 0 Å². The fourth-order valence-corrected chi connectivity index (χ4v) is 3.05. The highest BCUT2D eigenvalue weighted by Crippen LogP contribution is 2.17. The standard InChI is InChI=1S/C22H25N5O4/c1-31-16-7-4-6-15(14-16)25-20(29)11-5-10-19(28)23-12-13-24-21-17-8-2-3-9-18(17)22(30)27-26-21/h2-4,6-9,14H,5,10-13H2,1H3,(H,23,28)(H,24,26)(H,25,29)(H,27,30). The highest BCUT2D eigenvalue weighted by atomic mass is 16.5. The number of aromatic nitrogens is 2. The molecule has 2 aromatic carbocycles. The number of hydrogen-bond donors (Lipinski definition) is 4. The molecule has 1 heterocycles. The number of amides is 2. The van der Waals surface area contributed by atoms with E-state index in [9.17, 15) is 14.4 Å². The van der Waals surface area contributed by atoms with Crippen LogP contribution in [-0.2, 0) is 9.59 Å². The lowest BCUT2D eigenvalue weighted by Gasteiger charge is -2.09. The summed E-state index contributed by atoms with van der Waals surface area (Å²) in [6.07, 6.45) is 0.947. The van der Waals surface area contributed by atoms with Crippen LogP contribution in [0.15, 0.2) is 53.3 Å². The summed E-state index contributed by atoms with van der Waals surface area (Å²) < 4.78 is 5.12. The lowest BCUT2D eigenvalue weighted by molar-refractivity contribution is -0.121. The van der Waals surface area contributed by atoms with Crippen LogP contribution in [0.1, 0.15) is 19.3 Å². The number of methoxy groups -OCH3 is 1. The summed E-state index contributed by atoms with van der Waals surface area (Å²) in [7, 11) is 1.56. The Morgan fingerprint density at radius 3 is 2.58 bits per heavy atom. The third kappa shape index (κ3) is 6.30. The fourth-order valence-electron chi connectivity index (χ4n) is 3.05.